The van der Waals surface area contributed by atoms with E-state index in [-0.39, 0.29) is 11.9 Å². The minimum absolute atomic E-state index is 0.156. The van der Waals surface area contributed by atoms with Crippen molar-refractivity contribution in [1.29, 1.82) is 0 Å². The Labute approximate surface area is 132 Å². The quantitative estimate of drug-likeness (QED) is 0.840. The van der Waals surface area contributed by atoms with Crippen LogP contribution >= 0.6 is 15.9 Å². The normalized spacial score (nSPS) is 20.1. The number of alkyl halides is 1. The summed E-state index contributed by atoms with van der Waals surface area (Å²) in [6.45, 7) is 0. The van der Waals surface area contributed by atoms with Crippen molar-refractivity contribution < 1.29 is 9.90 Å². The van der Waals surface area contributed by atoms with Crippen LogP contribution in [0.1, 0.15) is 33.1 Å². The third kappa shape index (κ3) is 2.87. The molecule has 0 fully saturated rings. The van der Waals surface area contributed by atoms with Crippen LogP contribution in [0.3, 0.4) is 0 Å². The first-order chi connectivity index (χ1) is 10.2. The molecule has 1 amide bonds. The highest BCUT2D eigenvalue weighted by molar-refractivity contribution is 9.08. The number of fused-ring (bicyclic) bond motifs is 1. The van der Waals surface area contributed by atoms with Crippen molar-refractivity contribution in [3.8, 4) is 0 Å². The number of carbonyl (C=O) groups is 1. The number of halogens is 1. The molecular formula is C17H16BrNO2. The number of carbonyl (C=O) groups excluding carboxylic acids is 1. The van der Waals surface area contributed by atoms with Gasteiger partial charge >= 0.3 is 0 Å². The number of amides is 1. The molecule has 1 aliphatic carbocycles. The van der Waals surface area contributed by atoms with Gasteiger partial charge in [0, 0.05) is 17.3 Å². The first kappa shape index (κ1) is 14.3. The van der Waals surface area contributed by atoms with Crippen molar-refractivity contribution >= 4 is 21.8 Å². The molecule has 4 heteroatoms. The molecule has 0 saturated carbocycles. The van der Waals surface area contributed by atoms with Gasteiger partial charge in [-0.1, -0.05) is 52.3 Å². The molecule has 1 aliphatic rings. The van der Waals surface area contributed by atoms with Crippen molar-refractivity contribution in [2.75, 3.05) is 0 Å². The largest absolute Gasteiger partial charge is 0.390 e. The monoisotopic (exact) mass is 345 g/mol. The predicted octanol–water partition coefficient (Wildman–Crippen LogP) is 2.97. The maximum atomic E-state index is 12.3. The Bertz CT molecular complexity index is 654. The lowest BCUT2D eigenvalue weighted by molar-refractivity contribution is 0.0858. The van der Waals surface area contributed by atoms with Gasteiger partial charge in [0.25, 0.3) is 5.91 Å². The molecule has 3 rings (SSSR count). The van der Waals surface area contributed by atoms with Gasteiger partial charge in [-0.05, 0) is 28.8 Å². The fraction of sp³-hybridized carbons (Fsp3) is 0.235. The standard InChI is InChI=1S/C17H16BrNO2/c18-10-11-5-7-12(8-6-11)17(21)19-16-14-4-2-1-3-13(14)9-15(16)20/h1-8,15-16,20H,9-10H2,(H,19,21)/t15-,16+/m0/s1. The number of nitrogens with one attached hydrogen (secondary N) is 1. The SMILES string of the molecule is O=C(N[C@@H]1c2ccccc2C[C@@H]1O)c1ccc(CBr)cc1. The molecule has 0 unspecified atom stereocenters. The van der Waals surface area contributed by atoms with Crippen LogP contribution in [0.4, 0.5) is 0 Å². The van der Waals surface area contributed by atoms with Crippen LogP contribution in [-0.4, -0.2) is 17.1 Å². The van der Waals surface area contributed by atoms with E-state index in [4.69, 9.17) is 0 Å². The van der Waals surface area contributed by atoms with Crippen molar-refractivity contribution in [3.05, 3.63) is 70.8 Å². The van der Waals surface area contributed by atoms with E-state index in [1.54, 1.807) is 12.1 Å². The zero-order valence-corrected chi connectivity index (χ0v) is 13.0. The molecule has 0 heterocycles. The van der Waals surface area contributed by atoms with Crippen LogP contribution in [0.25, 0.3) is 0 Å². The van der Waals surface area contributed by atoms with Gasteiger partial charge < -0.3 is 10.4 Å². The van der Waals surface area contributed by atoms with Crippen molar-refractivity contribution in [1.82, 2.24) is 5.32 Å². The smallest absolute Gasteiger partial charge is 0.251 e. The zero-order chi connectivity index (χ0) is 14.8. The van der Waals surface area contributed by atoms with Crippen molar-refractivity contribution in [2.24, 2.45) is 0 Å². The van der Waals surface area contributed by atoms with Gasteiger partial charge in [0.05, 0.1) is 12.1 Å². The Kier molecular flexibility index (Phi) is 4.08. The lowest BCUT2D eigenvalue weighted by atomic mass is 10.1. The van der Waals surface area contributed by atoms with Crippen molar-refractivity contribution in [2.45, 2.75) is 23.9 Å². The van der Waals surface area contributed by atoms with Gasteiger partial charge in [0.2, 0.25) is 0 Å². The Balaban J connectivity index is 1.78. The average molecular weight is 346 g/mol. The highest BCUT2D eigenvalue weighted by atomic mass is 79.9. The predicted molar refractivity (Wildman–Crippen MR) is 85.4 cm³/mol. The van der Waals surface area contributed by atoms with Gasteiger partial charge in [0.1, 0.15) is 0 Å². The summed E-state index contributed by atoms with van der Waals surface area (Å²) in [7, 11) is 0. The molecule has 2 aromatic carbocycles. The Morgan fingerprint density at radius 2 is 1.90 bits per heavy atom. The molecule has 0 bridgehead atoms. The third-order valence-corrected chi connectivity index (χ3v) is 4.51. The fourth-order valence-corrected chi connectivity index (χ4v) is 3.09. The summed E-state index contributed by atoms with van der Waals surface area (Å²) < 4.78 is 0. The fourth-order valence-electron chi connectivity index (χ4n) is 2.72. The molecule has 0 radical (unpaired) electrons. The van der Waals surface area contributed by atoms with Crippen LogP contribution in [0.5, 0.6) is 0 Å². The van der Waals surface area contributed by atoms with Crippen LogP contribution in [-0.2, 0) is 11.8 Å². The lowest BCUT2D eigenvalue weighted by Gasteiger charge is -2.18. The summed E-state index contributed by atoms with van der Waals surface area (Å²) in [6, 6.07) is 15.0. The number of rotatable bonds is 3. The molecule has 2 atom stereocenters. The van der Waals surface area contributed by atoms with E-state index in [0.717, 1.165) is 22.0 Å². The second-order valence-corrected chi connectivity index (χ2v) is 5.81. The average Bonchev–Trinajstić information content (AvgIpc) is 2.83. The second kappa shape index (κ2) is 6.00. The molecular weight excluding hydrogens is 330 g/mol. The van der Waals surface area contributed by atoms with E-state index in [9.17, 15) is 9.90 Å². The summed E-state index contributed by atoms with van der Waals surface area (Å²) in [5.74, 6) is -0.156. The lowest BCUT2D eigenvalue weighted by Crippen LogP contribution is -2.33. The number of hydrogen-bond acceptors (Lipinski definition) is 2. The summed E-state index contributed by atoms with van der Waals surface area (Å²) in [6.07, 6.45) is 0.0251. The summed E-state index contributed by atoms with van der Waals surface area (Å²) >= 11 is 3.38. The highest BCUT2D eigenvalue weighted by Crippen LogP contribution is 2.31. The van der Waals surface area contributed by atoms with Gasteiger partial charge in [-0.25, -0.2) is 0 Å². The highest BCUT2D eigenvalue weighted by Gasteiger charge is 2.31. The van der Waals surface area contributed by atoms with Gasteiger partial charge in [-0.2, -0.15) is 0 Å². The number of benzene rings is 2. The third-order valence-electron chi connectivity index (χ3n) is 3.86. The van der Waals surface area contributed by atoms with E-state index in [1.165, 1.54) is 0 Å². The Morgan fingerprint density at radius 1 is 1.19 bits per heavy atom. The molecule has 3 nitrogen and oxygen atoms in total. The maximum absolute atomic E-state index is 12.3. The molecule has 2 N–H and O–H groups in total. The summed E-state index contributed by atoms with van der Waals surface area (Å²) in [5.41, 5.74) is 3.84. The first-order valence-corrected chi connectivity index (χ1v) is 8.03. The summed E-state index contributed by atoms with van der Waals surface area (Å²) in [5, 5.41) is 13.9. The molecule has 0 aromatic heterocycles. The van der Waals surface area contributed by atoms with E-state index in [0.29, 0.717) is 12.0 Å². The number of hydrogen-bond donors (Lipinski definition) is 2. The van der Waals surface area contributed by atoms with Crippen molar-refractivity contribution in [3.63, 3.8) is 0 Å². The molecule has 21 heavy (non-hydrogen) atoms. The van der Waals surface area contributed by atoms with Gasteiger partial charge in [-0.15, -0.1) is 0 Å². The van der Waals surface area contributed by atoms with Crippen LogP contribution in [0, 0.1) is 0 Å². The minimum atomic E-state index is -0.562. The number of aliphatic hydroxyl groups is 1. The minimum Gasteiger partial charge on any atom is -0.390 e. The van der Waals surface area contributed by atoms with Crippen LogP contribution in [0.15, 0.2) is 48.5 Å². The Morgan fingerprint density at radius 3 is 2.62 bits per heavy atom. The molecule has 0 aliphatic heterocycles. The maximum Gasteiger partial charge on any atom is 0.251 e. The molecule has 0 spiro atoms. The van der Waals surface area contributed by atoms with E-state index in [1.807, 2.05) is 36.4 Å². The van der Waals surface area contributed by atoms with Crippen LogP contribution in [0.2, 0.25) is 0 Å². The molecule has 108 valence electrons. The first-order valence-electron chi connectivity index (χ1n) is 6.90. The summed E-state index contributed by atoms with van der Waals surface area (Å²) in [4.78, 5) is 12.3. The van der Waals surface area contributed by atoms with E-state index in [2.05, 4.69) is 21.2 Å². The molecule has 2 aromatic rings. The second-order valence-electron chi connectivity index (χ2n) is 5.25. The number of aliphatic hydroxyl groups excluding tert-OH is 1. The van der Waals surface area contributed by atoms with E-state index >= 15 is 0 Å². The van der Waals surface area contributed by atoms with Crippen LogP contribution < -0.4 is 5.32 Å². The van der Waals surface area contributed by atoms with E-state index < -0.39 is 6.10 Å². The molecule has 0 saturated heterocycles. The van der Waals surface area contributed by atoms with Gasteiger partial charge in [-0.3, -0.25) is 4.79 Å². The topological polar surface area (TPSA) is 49.3 Å². The van der Waals surface area contributed by atoms with Gasteiger partial charge in [0.15, 0.2) is 0 Å². The zero-order valence-electron chi connectivity index (χ0n) is 11.4. The Hall–Kier alpha value is -1.65.